The van der Waals surface area contributed by atoms with E-state index in [4.69, 9.17) is 0 Å². The van der Waals surface area contributed by atoms with Gasteiger partial charge in [-0.15, -0.1) is 0 Å². The number of hydrogen-bond acceptors (Lipinski definition) is 2. The maximum absolute atomic E-state index is 13.3. The van der Waals surface area contributed by atoms with Crippen LogP contribution >= 0.6 is 0 Å². The van der Waals surface area contributed by atoms with E-state index in [1.807, 2.05) is 0 Å². The van der Waals surface area contributed by atoms with Crippen LogP contribution in [0.4, 0.5) is 8.78 Å². The number of nitrogens with one attached hydrogen (secondary N) is 1. The summed E-state index contributed by atoms with van der Waals surface area (Å²) in [6, 6.07) is 3.46. The lowest BCUT2D eigenvalue weighted by atomic mass is 10.1. The summed E-state index contributed by atoms with van der Waals surface area (Å²) >= 11 is 0. The molecule has 1 N–H and O–H groups in total. The van der Waals surface area contributed by atoms with E-state index in [1.54, 1.807) is 0 Å². The van der Waals surface area contributed by atoms with Gasteiger partial charge in [-0.1, -0.05) is 12.8 Å². The molecular weight excluding hydrogens is 236 g/mol. The number of hydrogen-bond donors (Lipinski definition) is 1. The molecular formula is C14H17F2NO. The average Bonchev–Trinajstić information content (AvgIpc) is 2.85. The fourth-order valence-electron chi connectivity index (χ4n) is 2.37. The summed E-state index contributed by atoms with van der Waals surface area (Å²) < 4.78 is 26.3. The first kappa shape index (κ1) is 13.1. The predicted octanol–water partition coefficient (Wildman–Crippen LogP) is 3.07. The number of Topliss-reactive ketones (excluding diaryl/α,β-unsaturated/α-hetero) is 1. The Balaban J connectivity index is 1.85. The van der Waals surface area contributed by atoms with Gasteiger partial charge < -0.3 is 5.32 Å². The monoisotopic (exact) mass is 253 g/mol. The Bertz CT molecular complexity index is 428. The van der Waals surface area contributed by atoms with Gasteiger partial charge in [0, 0.05) is 19.0 Å². The lowest BCUT2D eigenvalue weighted by Gasteiger charge is -2.11. The molecule has 0 spiro atoms. The Hall–Kier alpha value is -1.29. The van der Waals surface area contributed by atoms with Gasteiger partial charge in [-0.3, -0.25) is 4.79 Å². The first-order valence-corrected chi connectivity index (χ1v) is 6.38. The van der Waals surface area contributed by atoms with Crippen molar-refractivity contribution in [2.45, 2.75) is 38.1 Å². The van der Waals surface area contributed by atoms with Crippen LogP contribution in [-0.2, 0) is 0 Å². The van der Waals surface area contributed by atoms with Gasteiger partial charge in [-0.2, -0.15) is 0 Å². The van der Waals surface area contributed by atoms with Gasteiger partial charge in [0.2, 0.25) is 0 Å². The fraction of sp³-hybridized carbons (Fsp3) is 0.500. The molecule has 1 aromatic rings. The van der Waals surface area contributed by atoms with E-state index < -0.39 is 11.6 Å². The van der Waals surface area contributed by atoms with Crippen molar-refractivity contribution in [1.29, 1.82) is 0 Å². The van der Waals surface area contributed by atoms with Crippen molar-refractivity contribution in [3.63, 3.8) is 0 Å². The minimum Gasteiger partial charge on any atom is -0.314 e. The van der Waals surface area contributed by atoms with Gasteiger partial charge >= 0.3 is 0 Å². The number of carbonyl (C=O) groups is 1. The third-order valence-corrected chi connectivity index (χ3v) is 3.37. The first-order chi connectivity index (χ1) is 8.66. The van der Waals surface area contributed by atoms with E-state index in [2.05, 4.69) is 5.32 Å². The highest BCUT2D eigenvalue weighted by atomic mass is 19.1. The second kappa shape index (κ2) is 6.05. The highest BCUT2D eigenvalue weighted by Gasteiger charge is 2.16. The van der Waals surface area contributed by atoms with Crippen LogP contribution in [-0.4, -0.2) is 18.4 Å². The molecule has 0 radical (unpaired) electrons. The van der Waals surface area contributed by atoms with E-state index in [-0.39, 0.29) is 17.8 Å². The first-order valence-electron chi connectivity index (χ1n) is 6.38. The summed E-state index contributed by atoms with van der Waals surface area (Å²) in [5.74, 6) is -1.58. The molecule has 1 saturated carbocycles. The molecule has 0 bridgehead atoms. The third kappa shape index (κ3) is 3.35. The van der Waals surface area contributed by atoms with Gasteiger partial charge in [0.15, 0.2) is 5.78 Å². The molecule has 1 fully saturated rings. The summed E-state index contributed by atoms with van der Waals surface area (Å²) in [6.45, 7) is 0.527. The van der Waals surface area contributed by atoms with Crippen LogP contribution in [0, 0.1) is 11.6 Å². The van der Waals surface area contributed by atoms with Crippen LogP contribution in [0.1, 0.15) is 42.5 Å². The largest absolute Gasteiger partial charge is 0.314 e. The maximum Gasteiger partial charge on any atom is 0.167 e. The predicted molar refractivity (Wildman–Crippen MR) is 65.6 cm³/mol. The molecule has 18 heavy (non-hydrogen) atoms. The molecule has 2 rings (SSSR count). The molecule has 1 aliphatic carbocycles. The molecule has 4 heteroatoms. The van der Waals surface area contributed by atoms with Crippen LogP contribution < -0.4 is 5.32 Å². The molecule has 0 saturated heterocycles. The zero-order valence-electron chi connectivity index (χ0n) is 10.2. The number of carbonyl (C=O) groups excluding carboxylic acids is 1. The van der Waals surface area contributed by atoms with Crippen molar-refractivity contribution in [3.05, 3.63) is 35.4 Å². The summed E-state index contributed by atoms with van der Waals surface area (Å²) in [7, 11) is 0. The van der Waals surface area contributed by atoms with E-state index in [9.17, 15) is 13.6 Å². The number of halogens is 2. The number of rotatable bonds is 5. The Labute approximate surface area is 105 Å². The molecule has 0 unspecified atom stereocenters. The van der Waals surface area contributed by atoms with Crippen molar-refractivity contribution in [2.24, 2.45) is 0 Å². The van der Waals surface area contributed by atoms with Gasteiger partial charge in [0.25, 0.3) is 0 Å². The molecule has 1 aliphatic rings. The molecule has 0 amide bonds. The summed E-state index contributed by atoms with van der Waals surface area (Å²) in [6.07, 6.45) is 4.94. The standard InChI is InChI=1S/C14H17F2NO/c15-10-5-6-13(16)12(9-10)14(18)7-8-17-11-3-1-2-4-11/h5-6,9,11,17H,1-4,7-8H2. The summed E-state index contributed by atoms with van der Waals surface area (Å²) in [4.78, 5) is 11.7. The molecule has 98 valence electrons. The van der Waals surface area contributed by atoms with Crippen molar-refractivity contribution in [3.8, 4) is 0 Å². The summed E-state index contributed by atoms with van der Waals surface area (Å²) in [5.41, 5.74) is -0.150. The SMILES string of the molecule is O=C(CCNC1CCCC1)c1cc(F)ccc1F. The van der Waals surface area contributed by atoms with Crippen molar-refractivity contribution >= 4 is 5.78 Å². The molecule has 0 aromatic heterocycles. The highest BCUT2D eigenvalue weighted by Crippen LogP contribution is 2.17. The zero-order valence-corrected chi connectivity index (χ0v) is 10.2. The van der Waals surface area contributed by atoms with Crippen LogP contribution in [0.5, 0.6) is 0 Å². The molecule has 1 aromatic carbocycles. The molecule has 0 atom stereocenters. The fourth-order valence-corrected chi connectivity index (χ4v) is 2.37. The zero-order chi connectivity index (χ0) is 13.0. The van der Waals surface area contributed by atoms with Gasteiger partial charge in [-0.05, 0) is 31.0 Å². The highest BCUT2D eigenvalue weighted by molar-refractivity contribution is 5.96. The number of benzene rings is 1. The maximum atomic E-state index is 13.3. The Morgan fingerprint density at radius 1 is 1.28 bits per heavy atom. The van der Waals surface area contributed by atoms with E-state index in [0.29, 0.717) is 12.6 Å². The van der Waals surface area contributed by atoms with Gasteiger partial charge in [0.05, 0.1) is 5.56 Å². The second-order valence-corrected chi connectivity index (χ2v) is 4.73. The van der Waals surface area contributed by atoms with Crippen molar-refractivity contribution < 1.29 is 13.6 Å². The van der Waals surface area contributed by atoms with Crippen molar-refractivity contribution in [2.75, 3.05) is 6.54 Å². The molecule has 0 aliphatic heterocycles. The van der Waals surface area contributed by atoms with Crippen LogP contribution in [0.15, 0.2) is 18.2 Å². The van der Waals surface area contributed by atoms with Crippen LogP contribution in [0.3, 0.4) is 0 Å². The smallest absolute Gasteiger partial charge is 0.167 e. The Kier molecular flexibility index (Phi) is 4.42. The lowest BCUT2D eigenvalue weighted by Crippen LogP contribution is -2.28. The lowest BCUT2D eigenvalue weighted by molar-refractivity contribution is 0.0977. The average molecular weight is 253 g/mol. The van der Waals surface area contributed by atoms with Gasteiger partial charge in [0.1, 0.15) is 11.6 Å². The Morgan fingerprint density at radius 3 is 2.72 bits per heavy atom. The normalized spacial score (nSPS) is 16.1. The molecule has 2 nitrogen and oxygen atoms in total. The molecule has 0 heterocycles. The second-order valence-electron chi connectivity index (χ2n) is 4.73. The van der Waals surface area contributed by atoms with Gasteiger partial charge in [-0.25, -0.2) is 8.78 Å². The summed E-state index contributed by atoms with van der Waals surface area (Å²) in [5, 5.41) is 3.28. The number of ketones is 1. The quantitative estimate of drug-likeness (QED) is 0.817. The van der Waals surface area contributed by atoms with Crippen LogP contribution in [0.2, 0.25) is 0 Å². The van der Waals surface area contributed by atoms with E-state index in [1.165, 1.54) is 12.8 Å². The van der Waals surface area contributed by atoms with E-state index >= 15 is 0 Å². The Morgan fingerprint density at radius 2 is 2.00 bits per heavy atom. The minimum absolute atomic E-state index is 0.150. The van der Waals surface area contributed by atoms with Crippen molar-refractivity contribution in [1.82, 2.24) is 5.32 Å². The minimum atomic E-state index is -0.651. The third-order valence-electron chi connectivity index (χ3n) is 3.37. The van der Waals surface area contributed by atoms with E-state index in [0.717, 1.165) is 31.0 Å². The topological polar surface area (TPSA) is 29.1 Å². The van der Waals surface area contributed by atoms with Crippen LogP contribution in [0.25, 0.3) is 0 Å².